The first-order chi connectivity index (χ1) is 10.7. The number of nitrogens with one attached hydrogen (secondary N) is 1. The number of hydrogen-bond acceptors (Lipinski definition) is 4. The Kier molecular flexibility index (Phi) is 8.74. The number of nitro groups is 1. The van der Waals surface area contributed by atoms with Gasteiger partial charge in [-0.1, -0.05) is 30.5 Å². The lowest BCUT2D eigenvalue weighted by atomic mass is 9.89. The lowest BCUT2D eigenvalue weighted by molar-refractivity contribution is -0.384. The van der Waals surface area contributed by atoms with E-state index in [4.69, 9.17) is 11.6 Å². The van der Waals surface area contributed by atoms with E-state index in [1.165, 1.54) is 25.7 Å². The van der Waals surface area contributed by atoms with Crippen molar-refractivity contribution in [3.8, 4) is 0 Å². The zero-order valence-electron chi connectivity index (χ0n) is 13.4. The maximum atomic E-state index is 11.2. The lowest BCUT2D eigenvalue weighted by Gasteiger charge is -2.38. The van der Waals surface area contributed by atoms with E-state index in [-0.39, 0.29) is 46.5 Å². The summed E-state index contributed by atoms with van der Waals surface area (Å²) in [6.07, 6.45) is 4.96. The summed E-state index contributed by atoms with van der Waals surface area (Å²) in [6, 6.07) is 5.62. The van der Waals surface area contributed by atoms with E-state index in [0.717, 1.165) is 31.7 Å². The third-order valence-corrected chi connectivity index (χ3v) is 5.22. The van der Waals surface area contributed by atoms with Gasteiger partial charge >= 0.3 is 0 Å². The molecule has 1 saturated carbocycles. The zero-order chi connectivity index (χ0) is 15.5. The third kappa shape index (κ3) is 4.73. The SMILES string of the molecule is Cl.Cl.O=[N+]([O-])c1cc([C@H](C2CCCC2)N2CCNCC2)ccc1Cl. The highest BCUT2D eigenvalue weighted by Crippen LogP contribution is 2.41. The second-order valence-electron chi connectivity index (χ2n) is 6.24. The van der Waals surface area contributed by atoms with Gasteiger partial charge in [0.05, 0.1) is 4.92 Å². The Morgan fingerprint density at radius 3 is 2.42 bits per heavy atom. The molecule has 1 aliphatic heterocycles. The molecule has 1 aliphatic carbocycles. The van der Waals surface area contributed by atoms with Crippen LogP contribution in [-0.2, 0) is 0 Å². The topological polar surface area (TPSA) is 58.4 Å². The Morgan fingerprint density at radius 1 is 1.21 bits per heavy atom. The van der Waals surface area contributed by atoms with Crippen molar-refractivity contribution >= 4 is 42.1 Å². The molecular formula is C16H24Cl3N3O2. The van der Waals surface area contributed by atoms with E-state index < -0.39 is 0 Å². The number of rotatable bonds is 4. The van der Waals surface area contributed by atoms with Crippen molar-refractivity contribution in [3.63, 3.8) is 0 Å². The normalized spacial score (nSPS) is 20.0. The van der Waals surface area contributed by atoms with Gasteiger partial charge in [-0.05, 0) is 30.4 Å². The first kappa shape index (κ1) is 21.5. The molecule has 1 heterocycles. The standard InChI is InChI=1S/C16H22ClN3O2.2ClH/c17-14-6-5-13(11-15(14)20(21)22)16(12-3-1-2-4-12)19-9-7-18-8-10-19;;/h5-6,11-12,16,18H,1-4,7-10H2;2*1H/t16-;;/m0../s1. The fraction of sp³-hybridized carbons (Fsp3) is 0.625. The van der Waals surface area contributed by atoms with Gasteiger partial charge in [0.25, 0.3) is 5.69 Å². The second-order valence-corrected chi connectivity index (χ2v) is 6.65. The van der Waals surface area contributed by atoms with Crippen LogP contribution in [0.2, 0.25) is 5.02 Å². The van der Waals surface area contributed by atoms with Crippen molar-refractivity contribution in [1.29, 1.82) is 0 Å². The van der Waals surface area contributed by atoms with Crippen LogP contribution in [0.5, 0.6) is 0 Å². The zero-order valence-corrected chi connectivity index (χ0v) is 15.8. The summed E-state index contributed by atoms with van der Waals surface area (Å²) in [5.41, 5.74) is 1.07. The van der Waals surface area contributed by atoms with Crippen molar-refractivity contribution < 1.29 is 4.92 Å². The van der Waals surface area contributed by atoms with Crippen LogP contribution in [0.15, 0.2) is 18.2 Å². The summed E-state index contributed by atoms with van der Waals surface area (Å²) in [5.74, 6) is 0.596. The van der Waals surface area contributed by atoms with Crippen LogP contribution in [0, 0.1) is 16.0 Å². The third-order valence-electron chi connectivity index (χ3n) is 4.90. The van der Waals surface area contributed by atoms with Crippen LogP contribution >= 0.6 is 36.4 Å². The quantitative estimate of drug-likeness (QED) is 0.611. The molecule has 3 rings (SSSR count). The Balaban J connectivity index is 0.00000144. The summed E-state index contributed by atoms with van der Waals surface area (Å²) >= 11 is 5.98. The monoisotopic (exact) mass is 395 g/mol. The molecule has 24 heavy (non-hydrogen) atoms. The van der Waals surface area contributed by atoms with Crippen LogP contribution in [0.25, 0.3) is 0 Å². The molecule has 0 unspecified atom stereocenters. The van der Waals surface area contributed by atoms with Crippen LogP contribution in [0.4, 0.5) is 5.69 Å². The molecular weight excluding hydrogens is 373 g/mol. The number of nitrogens with zero attached hydrogens (tertiary/aromatic N) is 2. The molecule has 0 amide bonds. The number of halogens is 3. The van der Waals surface area contributed by atoms with Crippen LogP contribution < -0.4 is 5.32 Å². The Morgan fingerprint density at radius 2 is 1.83 bits per heavy atom. The van der Waals surface area contributed by atoms with Crippen LogP contribution in [-0.4, -0.2) is 36.0 Å². The van der Waals surface area contributed by atoms with Gasteiger partial charge in [0.2, 0.25) is 0 Å². The molecule has 136 valence electrons. The highest BCUT2D eigenvalue weighted by Gasteiger charge is 2.32. The molecule has 8 heteroatoms. The predicted octanol–water partition coefficient (Wildman–Crippen LogP) is 4.23. The molecule has 0 radical (unpaired) electrons. The fourth-order valence-corrected chi connectivity index (χ4v) is 4.05. The van der Waals surface area contributed by atoms with Crippen molar-refractivity contribution in [2.75, 3.05) is 26.2 Å². The Labute approximate surface area is 160 Å². The average molecular weight is 397 g/mol. The van der Waals surface area contributed by atoms with E-state index in [0.29, 0.717) is 5.92 Å². The summed E-state index contributed by atoms with van der Waals surface area (Å²) in [6.45, 7) is 3.97. The van der Waals surface area contributed by atoms with Gasteiger partial charge in [-0.15, -0.1) is 24.8 Å². The molecule has 1 atom stereocenters. The van der Waals surface area contributed by atoms with E-state index in [1.54, 1.807) is 12.1 Å². The Hall–Kier alpha value is -0.590. The largest absolute Gasteiger partial charge is 0.314 e. The van der Waals surface area contributed by atoms with Crippen molar-refractivity contribution in [1.82, 2.24) is 10.2 Å². The molecule has 0 spiro atoms. The molecule has 2 fully saturated rings. The summed E-state index contributed by atoms with van der Waals surface area (Å²) in [7, 11) is 0. The van der Waals surface area contributed by atoms with E-state index in [2.05, 4.69) is 10.2 Å². The van der Waals surface area contributed by atoms with Gasteiger partial charge in [-0.3, -0.25) is 15.0 Å². The number of piperazine rings is 1. The molecule has 1 N–H and O–H groups in total. The van der Waals surface area contributed by atoms with E-state index in [9.17, 15) is 10.1 Å². The van der Waals surface area contributed by atoms with Gasteiger partial charge in [-0.2, -0.15) is 0 Å². The molecule has 1 aromatic carbocycles. The minimum atomic E-state index is -0.380. The van der Waals surface area contributed by atoms with Crippen molar-refractivity contribution in [3.05, 3.63) is 38.9 Å². The van der Waals surface area contributed by atoms with Gasteiger partial charge in [-0.25, -0.2) is 0 Å². The van der Waals surface area contributed by atoms with E-state index in [1.807, 2.05) is 6.07 Å². The van der Waals surface area contributed by atoms with Gasteiger partial charge in [0.15, 0.2) is 0 Å². The first-order valence-corrected chi connectivity index (χ1v) is 8.43. The predicted molar refractivity (Wildman–Crippen MR) is 102 cm³/mol. The number of hydrogen-bond donors (Lipinski definition) is 1. The van der Waals surface area contributed by atoms with Crippen molar-refractivity contribution in [2.45, 2.75) is 31.7 Å². The minimum Gasteiger partial charge on any atom is -0.314 e. The lowest BCUT2D eigenvalue weighted by Crippen LogP contribution is -2.46. The summed E-state index contributed by atoms with van der Waals surface area (Å²) < 4.78 is 0. The molecule has 0 aromatic heterocycles. The first-order valence-electron chi connectivity index (χ1n) is 8.05. The minimum absolute atomic E-state index is 0. The number of nitro benzene ring substituents is 1. The number of benzene rings is 1. The molecule has 2 aliphatic rings. The molecule has 1 aromatic rings. The summed E-state index contributed by atoms with van der Waals surface area (Å²) in [5, 5.41) is 14.8. The molecule has 5 nitrogen and oxygen atoms in total. The van der Waals surface area contributed by atoms with Gasteiger partial charge < -0.3 is 5.32 Å². The average Bonchev–Trinajstić information content (AvgIpc) is 3.04. The Bertz CT molecular complexity index is 547. The van der Waals surface area contributed by atoms with E-state index >= 15 is 0 Å². The maximum absolute atomic E-state index is 11.2. The second kappa shape index (κ2) is 9.78. The fourth-order valence-electron chi connectivity index (χ4n) is 3.87. The highest BCUT2D eigenvalue weighted by atomic mass is 35.5. The molecule has 0 bridgehead atoms. The van der Waals surface area contributed by atoms with Crippen LogP contribution in [0.1, 0.15) is 37.3 Å². The van der Waals surface area contributed by atoms with Gasteiger partial charge in [0.1, 0.15) is 5.02 Å². The maximum Gasteiger partial charge on any atom is 0.288 e. The van der Waals surface area contributed by atoms with Crippen molar-refractivity contribution in [2.24, 2.45) is 5.92 Å². The van der Waals surface area contributed by atoms with Crippen LogP contribution in [0.3, 0.4) is 0 Å². The smallest absolute Gasteiger partial charge is 0.288 e. The molecule has 1 saturated heterocycles. The highest BCUT2D eigenvalue weighted by molar-refractivity contribution is 6.32. The van der Waals surface area contributed by atoms with Gasteiger partial charge in [0, 0.05) is 38.3 Å². The summed E-state index contributed by atoms with van der Waals surface area (Å²) in [4.78, 5) is 13.3.